The predicted octanol–water partition coefficient (Wildman–Crippen LogP) is 2.47. The minimum absolute atomic E-state index is 0.564. The summed E-state index contributed by atoms with van der Waals surface area (Å²) in [7, 11) is 0. The largest absolute Gasteiger partial charge is 0.380 e. The molecule has 0 spiro atoms. The zero-order chi connectivity index (χ0) is 11.2. The maximum absolute atomic E-state index is 5.49. The molecule has 1 aliphatic rings. The van der Waals surface area contributed by atoms with Crippen LogP contribution in [0, 0.1) is 0 Å². The number of nitrogens with one attached hydrogen (secondary N) is 1. The Hall–Kier alpha value is -0.390. The topological polar surface area (TPSA) is 47.0 Å². The molecule has 0 saturated heterocycles. The average molecular weight is 262 g/mol. The molecule has 0 radical (unpaired) electrons. The van der Waals surface area contributed by atoms with E-state index < -0.39 is 0 Å². The monoisotopic (exact) mass is 261 g/mol. The van der Waals surface area contributed by atoms with Crippen molar-refractivity contribution in [2.45, 2.75) is 25.2 Å². The van der Waals surface area contributed by atoms with Gasteiger partial charge in [-0.25, -0.2) is 4.98 Å². The highest BCUT2D eigenvalue weighted by Gasteiger charge is 2.27. The number of hydrogen-bond acceptors (Lipinski definition) is 5. The number of rotatable bonds is 8. The lowest BCUT2D eigenvalue weighted by Gasteiger charge is -2.02. The van der Waals surface area contributed by atoms with Crippen LogP contribution in [0.4, 0.5) is 5.13 Å². The van der Waals surface area contributed by atoms with Crippen molar-refractivity contribution in [1.82, 2.24) is 9.36 Å². The molecule has 1 aromatic rings. The second kappa shape index (κ2) is 6.37. The van der Waals surface area contributed by atoms with Crippen LogP contribution in [0.15, 0.2) is 0 Å². The number of alkyl halides is 1. The van der Waals surface area contributed by atoms with Crippen molar-refractivity contribution >= 4 is 28.3 Å². The molecule has 0 aromatic carbocycles. The van der Waals surface area contributed by atoms with Gasteiger partial charge in [-0.1, -0.05) is 0 Å². The van der Waals surface area contributed by atoms with Crippen molar-refractivity contribution in [3.05, 3.63) is 5.82 Å². The Kier molecular flexibility index (Phi) is 4.81. The summed E-state index contributed by atoms with van der Waals surface area (Å²) < 4.78 is 9.60. The lowest BCUT2D eigenvalue weighted by atomic mass is 10.4. The second-order valence-corrected chi connectivity index (χ2v) is 4.94. The van der Waals surface area contributed by atoms with Crippen LogP contribution in [0.3, 0.4) is 0 Å². The number of hydrogen-bond donors (Lipinski definition) is 1. The number of aromatic nitrogens is 2. The van der Waals surface area contributed by atoms with E-state index in [9.17, 15) is 0 Å². The minimum atomic E-state index is 0.564. The van der Waals surface area contributed by atoms with E-state index in [0.29, 0.717) is 18.4 Å². The Morgan fingerprint density at radius 3 is 3.06 bits per heavy atom. The minimum Gasteiger partial charge on any atom is -0.380 e. The van der Waals surface area contributed by atoms with E-state index in [0.717, 1.165) is 30.5 Å². The SMILES string of the molecule is ClCCOCCCNc1nc(C2CC2)ns1. The molecule has 0 amide bonds. The molecule has 1 heterocycles. The van der Waals surface area contributed by atoms with E-state index >= 15 is 0 Å². The lowest BCUT2D eigenvalue weighted by molar-refractivity contribution is 0.149. The van der Waals surface area contributed by atoms with Crippen LogP contribution < -0.4 is 5.32 Å². The molecule has 6 heteroatoms. The number of nitrogens with zero attached hydrogens (tertiary/aromatic N) is 2. The number of anilines is 1. The van der Waals surface area contributed by atoms with Crippen LogP contribution in [-0.2, 0) is 4.74 Å². The highest BCUT2D eigenvalue weighted by molar-refractivity contribution is 7.09. The third-order valence-corrected chi connectivity index (χ3v) is 3.19. The summed E-state index contributed by atoms with van der Waals surface area (Å²) >= 11 is 6.94. The normalized spacial score (nSPS) is 15.3. The summed E-state index contributed by atoms with van der Waals surface area (Å²) in [6.07, 6.45) is 3.47. The molecule has 0 unspecified atom stereocenters. The molecule has 1 saturated carbocycles. The molecule has 1 N–H and O–H groups in total. The van der Waals surface area contributed by atoms with Crippen molar-refractivity contribution in [2.24, 2.45) is 0 Å². The fourth-order valence-electron chi connectivity index (χ4n) is 1.34. The van der Waals surface area contributed by atoms with Crippen LogP contribution in [0.25, 0.3) is 0 Å². The van der Waals surface area contributed by atoms with Gasteiger partial charge in [0.25, 0.3) is 0 Å². The van der Waals surface area contributed by atoms with Crippen LogP contribution in [0.5, 0.6) is 0 Å². The molecule has 0 aliphatic heterocycles. The first-order valence-electron chi connectivity index (χ1n) is 5.61. The Morgan fingerprint density at radius 2 is 2.31 bits per heavy atom. The molecular formula is C10H16ClN3OS. The second-order valence-electron chi connectivity index (χ2n) is 3.81. The maximum atomic E-state index is 5.49. The van der Waals surface area contributed by atoms with Crippen LogP contribution in [0.1, 0.15) is 31.0 Å². The van der Waals surface area contributed by atoms with E-state index in [1.54, 1.807) is 0 Å². The highest BCUT2D eigenvalue weighted by Crippen LogP contribution is 2.39. The fourth-order valence-corrected chi connectivity index (χ4v) is 2.12. The lowest BCUT2D eigenvalue weighted by Crippen LogP contribution is -2.06. The molecule has 16 heavy (non-hydrogen) atoms. The average Bonchev–Trinajstić information content (AvgIpc) is 3.04. The Morgan fingerprint density at radius 1 is 1.44 bits per heavy atom. The molecule has 0 bridgehead atoms. The van der Waals surface area contributed by atoms with E-state index in [1.807, 2.05) is 0 Å². The molecule has 1 fully saturated rings. The van der Waals surface area contributed by atoms with Gasteiger partial charge in [-0.2, -0.15) is 4.37 Å². The first-order valence-corrected chi connectivity index (χ1v) is 6.92. The smallest absolute Gasteiger partial charge is 0.202 e. The first kappa shape index (κ1) is 12.1. The van der Waals surface area contributed by atoms with Crippen molar-refractivity contribution in [2.75, 3.05) is 31.0 Å². The number of halogens is 1. The Labute approximate surface area is 105 Å². The number of ether oxygens (including phenoxy) is 1. The van der Waals surface area contributed by atoms with Crippen molar-refractivity contribution in [3.63, 3.8) is 0 Å². The van der Waals surface area contributed by atoms with Gasteiger partial charge in [0.1, 0.15) is 5.82 Å². The summed E-state index contributed by atoms with van der Waals surface area (Å²) in [6, 6.07) is 0. The summed E-state index contributed by atoms with van der Waals surface area (Å²) in [6.45, 7) is 2.25. The molecule has 4 nitrogen and oxygen atoms in total. The van der Waals surface area contributed by atoms with Gasteiger partial charge in [0.15, 0.2) is 0 Å². The van der Waals surface area contributed by atoms with Gasteiger partial charge in [0.05, 0.1) is 6.61 Å². The predicted molar refractivity (Wildman–Crippen MR) is 66.5 cm³/mol. The van der Waals surface area contributed by atoms with Gasteiger partial charge in [-0.15, -0.1) is 11.6 Å². The van der Waals surface area contributed by atoms with E-state index in [4.69, 9.17) is 16.3 Å². The standard InChI is InChI=1S/C10H16ClN3OS/c11-4-7-15-6-1-5-12-10-13-9(14-16-10)8-2-3-8/h8H,1-7H2,(H,12,13,14). The zero-order valence-electron chi connectivity index (χ0n) is 9.12. The molecule has 1 aromatic heterocycles. The summed E-state index contributed by atoms with van der Waals surface area (Å²) in [5.41, 5.74) is 0. The van der Waals surface area contributed by atoms with Gasteiger partial charge in [-0.3, -0.25) is 0 Å². The van der Waals surface area contributed by atoms with Gasteiger partial charge < -0.3 is 10.1 Å². The van der Waals surface area contributed by atoms with E-state index in [2.05, 4.69) is 14.7 Å². The third-order valence-electron chi connectivity index (χ3n) is 2.35. The van der Waals surface area contributed by atoms with Crippen molar-refractivity contribution in [1.29, 1.82) is 0 Å². The van der Waals surface area contributed by atoms with Gasteiger partial charge in [0, 0.05) is 36.5 Å². The molecule has 1 aliphatic carbocycles. The fraction of sp³-hybridized carbons (Fsp3) is 0.800. The van der Waals surface area contributed by atoms with Crippen LogP contribution in [-0.4, -0.2) is 35.0 Å². The first-order chi connectivity index (χ1) is 7.90. The molecule has 0 atom stereocenters. The maximum Gasteiger partial charge on any atom is 0.202 e. The van der Waals surface area contributed by atoms with Crippen LogP contribution >= 0.6 is 23.1 Å². The molecular weight excluding hydrogens is 246 g/mol. The quantitative estimate of drug-likeness (QED) is 0.577. The van der Waals surface area contributed by atoms with Gasteiger partial charge in [0.2, 0.25) is 5.13 Å². The van der Waals surface area contributed by atoms with Crippen molar-refractivity contribution < 1.29 is 4.74 Å². The van der Waals surface area contributed by atoms with E-state index in [1.165, 1.54) is 24.4 Å². The Bertz CT molecular complexity index is 317. The summed E-state index contributed by atoms with van der Waals surface area (Å²) in [4.78, 5) is 4.44. The molecule has 90 valence electrons. The Balaban J connectivity index is 1.57. The third kappa shape index (κ3) is 3.88. The van der Waals surface area contributed by atoms with Crippen molar-refractivity contribution in [3.8, 4) is 0 Å². The summed E-state index contributed by atoms with van der Waals surface area (Å²) in [5.74, 6) is 2.22. The summed E-state index contributed by atoms with van der Waals surface area (Å²) in [5, 5.41) is 4.19. The van der Waals surface area contributed by atoms with E-state index in [-0.39, 0.29) is 0 Å². The van der Waals surface area contributed by atoms with Gasteiger partial charge >= 0.3 is 0 Å². The van der Waals surface area contributed by atoms with Crippen LogP contribution in [0.2, 0.25) is 0 Å². The molecule has 2 rings (SSSR count). The zero-order valence-corrected chi connectivity index (χ0v) is 10.7. The highest BCUT2D eigenvalue weighted by atomic mass is 35.5. The van der Waals surface area contributed by atoms with Gasteiger partial charge in [-0.05, 0) is 19.3 Å².